The lowest BCUT2D eigenvalue weighted by Crippen LogP contribution is -2.32. The first-order valence-electron chi connectivity index (χ1n) is 6.75. The van der Waals surface area contributed by atoms with Gasteiger partial charge in [0.25, 0.3) is 0 Å². The van der Waals surface area contributed by atoms with Gasteiger partial charge < -0.3 is 15.5 Å². The summed E-state index contributed by atoms with van der Waals surface area (Å²) in [6, 6.07) is 4.89. The molecule has 6 heteroatoms. The van der Waals surface area contributed by atoms with Gasteiger partial charge in [0.05, 0.1) is 10.7 Å². The van der Waals surface area contributed by atoms with Gasteiger partial charge in [0.2, 0.25) is 5.91 Å². The summed E-state index contributed by atoms with van der Waals surface area (Å²) in [6.07, 6.45) is 2.47. The van der Waals surface area contributed by atoms with Crippen molar-refractivity contribution >= 4 is 34.9 Å². The van der Waals surface area contributed by atoms with Gasteiger partial charge in [0.1, 0.15) is 0 Å². The molecule has 1 aliphatic rings. The predicted octanol–water partition coefficient (Wildman–Crippen LogP) is 3.32. The average Bonchev–Trinajstić information content (AvgIpc) is 2.96. The van der Waals surface area contributed by atoms with Crippen LogP contribution in [-0.4, -0.2) is 29.9 Å². The number of nitrogens with zero attached hydrogens (tertiary/aromatic N) is 1. The Bertz CT molecular complexity index is 513. The van der Waals surface area contributed by atoms with Crippen molar-refractivity contribution in [2.75, 3.05) is 23.7 Å². The first-order valence-corrected chi connectivity index (χ1v) is 7.13. The van der Waals surface area contributed by atoms with Crippen molar-refractivity contribution in [3.05, 3.63) is 23.2 Å². The topological polar surface area (TPSA) is 61.4 Å². The van der Waals surface area contributed by atoms with Crippen molar-refractivity contribution in [1.82, 2.24) is 4.90 Å². The summed E-state index contributed by atoms with van der Waals surface area (Å²) in [4.78, 5) is 25.2. The minimum atomic E-state index is -0.150. The van der Waals surface area contributed by atoms with E-state index >= 15 is 0 Å². The molecule has 0 aliphatic carbocycles. The fraction of sp³-hybridized carbons (Fsp3) is 0.429. The van der Waals surface area contributed by atoms with Crippen LogP contribution < -0.4 is 10.6 Å². The second-order valence-electron chi connectivity index (χ2n) is 4.72. The molecule has 1 heterocycles. The maximum atomic E-state index is 12.0. The number of urea groups is 1. The van der Waals surface area contributed by atoms with Gasteiger partial charge in [0, 0.05) is 25.2 Å². The molecule has 0 bridgehead atoms. The number of likely N-dealkylation sites (tertiary alicyclic amines) is 1. The Labute approximate surface area is 123 Å². The number of rotatable bonds is 3. The van der Waals surface area contributed by atoms with Crippen molar-refractivity contribution in [3.63, 3.8) is 0 Å². The Kier molecular flexibility index (Phi) is 4.84. The summed E-state index contributed by atoms with van der Waals surface area (Å²) in [5.41, 5.74) is 1.13. The highest BCUT2D eigenvalue weighted by Crippen LogP contribution is 2.26. The molecule has 3 amide bonds. The van der Waals surface area contributed by atoms with E-state index in [-0.39, 0.29) is 11.9 Å². The smallest absolute Gasteiger partial charge is 0.321 e. The minimum absolute atomic E-state index is 0.0795. The Morgan fingerprint density at radius 2 is 1.95 bits per heavy atom. The fourth-order valence-electron chi connectivity index (χ4n) is 2.06. The number of benzene rings is 1. The van der Waals surface area contributed by atoms with Crippen LogP contribution in [0.1, 0.15) is 26.2 Å². The van der Waals surface area contributed by atoms with Gasteiger partial charge in [-0.1, -0.05) is 18.5 Å². The molecule has 0 atom stereocenters. The van der Waals surface area contributed by atoms with Gasteiger partial charge in [-0.25, -0.2) is 4.79 Å². The zero-order valence-electron chi connectivity index (χ0n) is 11.4. The largest absolute Gasteiger partial charge is 0.326 e. The second kappa shape index (κ2) is 6.61. The molecule has 0 saturated carbocycles. The van der Waals surface area contributed by atoms with E-state index < -0.39 is 0 Å². The molecule has 20 heavy (non-hydrogen) atoms. The molecule has 1 aromatic carbocycles. The lowest BCUT2D eigenvalue weighted by Gasteiger charge is -2.17. The third kappa shape index (κ3) is 3.63. The highest BCUT2D eigenvalue weighted by Gasteiger charge is 2.18. The SMILES string of the molecule is CCC(=O)Nc1ccc(Cl)c(NC(=O)N2CCCC2)c1. The summed E-state index contributed by atoms with van der Waals surface area (Å²) < 4.78 is 0. The Balaban J connectivity index is 2.07. The van der Waals surface area contributed by atoms with E-state index in [2.05, 4.69) is 10.6 Å². The number of carbonyl (C=O) groups is 2. The van der Waals surface area contributed by atoms with Crippen LogP contribution in [0.4, 0.5) is 16.2 Å². The number of amides is 3. The molecule has 1 aromatic rings. The second-order valence-corrected chi connectivity index (χ2v) is 5.13. The molecule has 1 fully saturated rings. The van der Waals surface area contributed by atoms with Crippen LogP contribution in [0.2, 0.25) is 5.02 Å². The van der Waals surface area contributed by atoms with Crippen LogP contribution in [0.25, 0.3) is 0 Å². The van der Waals surface area contributed by atoms with E-state index in [4.69, 9.17) is 11.6 Å². The van der Waals surface area contributed by atoms with Gasteiger partial charge in [-0.3, -0.25) is 4.79 Å². The fourth-order valence-corrected chi connectivity index (χ4v) is 2.23. The van der Waals surface area contributed by atoms with E-state index in [9.17, 15) is 9.59 Å². The molecule has 2 rings (SSSR count). The standard InChI is InChI=1S/C14H18ClN3O2/c1-2-13(19)16-10-5-6-11(15)12(9-10)17-14(20)18-7-3-4-8-18/h5-6,9H,2-4,7-8H2,1H3,(H,16,19)(H,17,20). The van der Waals surface area contributed by atoms with Gasteiger partial charge in [-0.15, -0.1) is 0 Å². The molecule has 108 valence electrons. The number of hydrogen-bond donors (Lipinski definition) is 2. The molecule has 0 aromatic heterocycles. The highest BCUT2D eigenvalue weighted by atomic mass is 35.5. The molecule has 0 spiro atoms. The van der Waals surface area contributed by atoms with Crippen molar-refractivity contribution in [1.29, 1.82) is 0 Å². The van der Waals surface area contributed by atoms with E-state index in [1.54, 1.807) is 30.0 Å². The highest BCUT2D eigenvalue weighted by molar-refractivity contribution is 6.33. The van der Waals surface area contributed by atoms with Gasteiger partial charge in [-0.2, -0.15) is 0 Å². The monoisotopic (exact) mass is 295 g/mol. The lowest BCUT2D eigenvalue weighted by atomic mass is 10.2. The number of carbonyl (C=O) groups excluding carboxylic acids is 2. The number of halogens is 1. The Morgan fingerprint density at radius 1 is 1.25 bits per heavy atom. The Hall–Kier alpha value is -1.75. The Morgan fingerprint density at radius 3 is 2.60 bits per heavy atom. The van der Waals surface area contributed by atoms with Crippen LogP contribution in [-0.2, 0) is 4.79 Å². The summed E-state index contributed by atoms with van der Waals surface area (Å²) in [7, 11) is 0. The lowest BCUT2D eigenvalue weighted by molar-refractivity contribution is -0.115. The van der Waals surface area contributed by atoms with Crippen LogP contribution in [0.15, 0.2) is 18.2 Å². The molecule has 1 aliphatic heterocycles. The van der Waals surface area contributed by atoms with Gasteiger partial charge in [0.15, 0.2) is 0 Å². The summed E-state index contributed by atoms with van der Waals surface area (Å²) in [6.45, 7) is 3.33. The van der Waals surface area contributed by atoms with Crippen LogP contribution >= 0.6 is 11.6 Å². The van der Waals surface area contributed by atoms with E-state index in [0.29, 0.717) is 22.8 Å². The first kappa shape index (κ1) is 14.7. The predicted molar refractivity (Wildman–Crippen MR) is 80.2 cm³/mol. The maximum Gasteiger partial charge on any atom is 0.321 e. The number of anilines is 2. The van der Waals surface area contributed by atoms with E-state index in [0.717, 1.165) is 25.9 Å². The first-order chi connectivity index (χ1) is 9.60. The van der Waals surface area contributed by atoms with Crippen molar-refractivity contribution in [2.45, 2.75) is 26.2 Å². The minimum Gasteiger partial charge on any atom is -0.326 e. The summed E-state index contributed by atoms with van der Waals surface area (Å²) in [5.74, 6) is -0.0795. The van der Waals surface area contributed by atoms with Crippen LogP contribution in [0.5, 0.6) is 0 Å². The summed E-state index contributed by atoms with van der Waals surface area (Å²) >= 11 is 6.07. The van der Waals surface area contributed by atoms with E-state index in [1.165, 1.54) is 0 Å². The molecular weight excluding hydrogens is 278 g/mol. The quantitative estimate of drug-likeness (QED) is 0.898. The van der Waals surface area contributed by atoms with Crippen molar-refractivity contribution in [3.8, 4) is 0 Å². The maximum absolute atomic E-state index is 12.0. The molecule has 2 N–H and O–H groups in total. The third-order valence-electron chi connectivity index (χ3n) is 3.21. The number of nitrogens with one attached hydrogen (secondary N) is 2. The van der Waals surface area contributed by atoms with Crippen molar-refractivity contribution < 1.29 is 9.59 Å². The van der Waals surface area contributed by atoms with Gasteiger partial charge >= 0.3 is 6.03 Å². The number of hydrogen-bond acceptors (Lipinski definition) is 2. The zero-order chi connectivity index (χ0) is 14.5. The molecule has 0 unspecified atom stereocenters. The molecule has 0 radical (unpaired) electrons. The zero-order valence-corrected chi connectivity index (χ0v) is 12.2. The average molecular weight is 296 g/mol. The van der Waals surface area contributed by atoms with Gasteiger partial charge in [-0.05, 0) is 31.0 Å². The normalized spacial score (nSPS) is 14.2. The van der Waals surface area contributed by atoms with Crippen LogP contribution in [0.3, 0.4) is 0 Å². The molecule has 5 nitrogen and oxygen atoms in total. The summed E-state index contributed by atoms with van der Waals surface area (Å²) in [5, 5.41) is 5.98. The van der Waals surface area contributed by atoms with Crippen LogP contribution in [0, 0.1) is 0 Å². The van der Waals surface area contributed by atoms with E-state index in [1.807, 2.05) is 0 Å². The molecule has 1 saturated heterocycles. The third-order valence-corrected chi connectivity index (χ3v) is 3.54. The molecular formula is C14H18ClN3O2. The van der Waals surface area contributed by atoms with Crippen molar-refractivity contribution in [2.24, 2.45) is 0 Å².